The summed E-state index contributed by atoms with van der Waals surface area (Å²) in [6.45, 7) is 2.22. The fraction of sp³-hybridized carbons (Fsp3) is 0.286. The van der Waals surface area contributed by atoms with Gasteiger partial charge < -0.3 is 43.8 Å². The van der Waals surface area contributed by atoms with E-state index in [2.05, 4.69) is 83.8 Å². The number of hydrogen-bond donors (Lipinski definition) is 2. The summed E-state index contributed by atoms with van der Waals surface area (Å²) >= 11 is 0. The Morgan fingerprint density at radius 3 is 2.28 bits per heavy atom. The number of anilines is 3. The third-order valence-corrected chi connectivity index (χ3v) is 9.50. The molecule has 0 saturated carbocycles. The van der Waals surface area contributed by atoms with Crippen molar-refractivity contribution < 1.29 is 23.7 Å². The Kier molecular flexibility index (Phi) is 10.8. The molecule has 1 aliphatic rings. The van der Waals surface area contributed by atoms with Gasteiger partial charge in [0, 0.05) is 78.1 Å². The molecule has 2 aromatic heterocycles. The predicted molar refractivity (Wildman–Crippen MR) is 209 cm³/mol. The normalized spacial score (nSPS) is 13.1. The van der Waals surface area contributed by atoms with E-state index in [9.17, 15) is 0 Å². The van der Waals surface area contributed by atoms with Gasteiger partial charge in [-0.1, -0.05) is 30.3 Å². The maximum Gasteiger partial charge on any atom is 0.227 e. The summed E-state index contributed by atoms with van der Waals surface area (Å²) in [5.74, 6) is 2.72. The Bertz CT molecular complexity index is 2180. The smallest absolute Gasteiger partial charge is 0.227 e. The summed E-state index contributed by atoms with van der Waals surface area (Å²) in [5.41, 5.74) is 9.54. The van der Waals surface area contributed by atoms with Gasteiger partial charge in [-0.2, -0.15) is 0 Å². The number of nitrogens with zero attached hydrogens (tertiary/aromatic N) is 4. The summed E-state index contributed by atoms with van der Waals surface area (Å²) in [6, 6.07) is 24.5. The van der Waals surface area contributed by atoms with Gasteiger partial charge in [0.2, 0.25) is 5.95 Å². The number of likely N-dealkylation sites (N-methyl/N-ethyl adjacent to an activating group) is 1. The van der Waals surface area contributed by atoms with E-state index in [1.54, 1.807) is 14.2 Å². The summed E-state index contributed by atoms with van der Waals surface area (Å²) in [4.78, 5) is 11.7. The third-order valence-electron chi connectivity index (χ3n) is 9.50. The van der Waals surface area contributed by atoms with Crippen LogP contribution in [0.15, 0.2) is 91.4 Å². The van der Waals surface area contributed by atoms with Crippen LogP contribution in [-0.4, -0.2) is 74.6 Å². The monoisotopic (exact) mass is 714 g/mol. The van der Waals surface area contributed by atoms with Crippen molar-refractivity contribution in [2.24, 2.45) is 7.05 Å². The van der Waals surface area contributed by atoms with E-state index in [-0.39, 0.29) is 0 Å². The van der Waals surface area contributed by atoms with Gasteiger partial charge >= 0.3 is 0 Å². The van der Waals surface area contributed by atoms with Gasteiger partial charge in [-0.25, -0.2) is 9.97 Å². The zero-order valence-electron chi connectivity index (χ0n) is 31.1. The van der Waals surface area contributed by atoms with Crippen molar-refractivity contribution in [2.75, 3.05) is 65.8 Å². The number of aromatic nitrogens is 3. The van der Waals surface area contributed by atoms with E-state index < -0.39 is 6.29 Å². The second-order valence-electron chi connectivity index (χ2n) is 13.2. The molecule has 1 aliphatic heterocycles. The van der Waals surface area contributed by atoms with Crippen LogP contribution in [0.4, 0.5) is 17.3 Å². The van der Waals surface area contributed by atoms with Crippen LogP contribution in [0.2, 0.25) is 0 Å². The van der Waals surface area contributed by atoms with Gasteiger partial charge in [0.25, 0.3) is 0 Å². The molecule has 4 aromatic carbocycles. The maximum absolute atomic E-state index is 6.74. The molecule has 6 aromatic rings. The molecular formula is C42H46N6O5. The molecule has 3 heterocycles. The fourth-order valence-electron chi connectivity index (χ4n) is 6.77. The molecule has 0 spiro atoms. The molecule has 1 fully saturated rings. The number of ether oxygens (including phenoxy) is 5. The molecule has 0 radical (unpaired) electrons. The van der Waals surface area contributed by atoms with Crippen LogP contribution in [0.3, 0.4) is 0 Å². The van der Waals surface area contributed by atoms with Crippen LogP contribution >= 0.6 is 0 Å². The highest BCUT2D eigenvalue weighted by Gasteiger charge is 2.28. The first-order chi connectivity index (χ1) is 25.9. The van der Waals surface area contributed by atoms with Crippen LogP contribution in [0.5, 0.6) is 17.2 Å². The zero-order valence-corrected chi connectivity index (χ0v) is 31.1. The number of benzene rings is 4. The number of fused-ring (bicyclic) bond motifs is 1. The van der Waals surface area contributed by atoms with Crippen LogP contribution in [-0.2, 0) is 29.5 Å². The summed E-state index contributed by atoms with van der Waals surface area (Å²) in [6.07, 6.45) is 6.03. The number of para-hydroxylation sites is 1. The first kappa shape index (κ1) is 35.8. The molecule has 11 heteroatoms. The average molecular weight is 715 g/mol. The molecule has 53 heavy (non-hydrogen) atoms. The lowest BCUT2D eigenvalue weighted by molar-refractivity contribution is -0.0457. The lowest BCUT2D eigenvalue weighted by atomic mass is 9.95. The Morgan fingerprint density at radius 1 is 0.849 bits per heavy atom. The van der Waals surface area contributed by atoms with E-state index in [1.165, 1.54) is 0 Å². The molecule has 0 amide bonds. The van der Waals surface area contributed by atoms with Gasteiger partial charge in [-0.3, -0.25) is 0 Å². The summed E-state index contributed by atoms with van der Waals surface area (Å²) in [5, 5.41) is 7.79. The van der Waals surface area contributed by atoms with Crippen LogP contribution in [0.1, 0.15) is 23.0 Å². The molecule has 1 saturated heterocycles. The highest BCUT2D eigenvalue weighted by atomic mass is 16.7. The van der Waals surface area contributed by atoms with Crippen molar-refractivity contribution in [3.63, 3.8) is 0 Å². The van der Waals surface area contributed by atoms with Gasteiger partial charge in [0.1, 0.15) is 23.9 Å². The lowest BCUT2D eigenvalue weighted by Gasteiger charge is -2.21. The van der Waals surface area contributed by atoms with E-state index in [4.69, 9.17) is 33.7 Å². The molecule has 0 atom stereocenters. The second kappa shape index (κ2) is 16.0. The van der Waals surface area contributed by atoms with E-state index in [0.717, 1.165) is 85.7 Å². The maximum atomic E-state index is 6.74. The Labute approximate surface area is 310 Å². The molecule has 0 bridgehead atoms. The van der Waals surface area contributed by atoms with E-state index in [1.807, 2.05) is 55.8 Å². The fourth-order valence-corrected chi connectivity index (χ4v) is 6.77. The molecular weight excluding hydrogens is 668 g/mol. The van der Waals surface area contributed by atoms with E-state index in [0.29, 0.717) is 31.5 Å². The number of methoxy groups -OCH3 is 2. The van der Waals surface area contributed by atoms with Crippen molar-refractivity contribution in [2.45, 2.75) is 19.3 Å². The number of rotatable bonds is 14. The predicted octanol–water partition coefficient (Wildman–Crippen LogP) is 7.83. The van der Waals surface area contributed by atoms with Crippen LogP contribution < -0.4 is 24.8 Å². The quantitative estimate of drug-likeness (QED) is 0.116. The topological polar surface area (TPSA) is 104 Å². The number of aryl methyl sites for hydroxylation is 1. The first-order valence-corrected chi connectivity index (χ1v) is 17.7. The van der Waals surface area contributed by atoms with Gasteiger partial charge in [0.15, 0.2) is 6.29 Å². The number of hydrogen-bond acceptors (Lipinski definition) is 10. The van der Waals surface area contributed by atoms with Gasteiger partial charge in [-0.15, -0.1) is 0 Å². The Morgan fingerprint density at radius 2 is 1.58 bits per heavy atom. The number of nitrogens with one attached hydrogen (secondary N) is 2. The average Bonchev–Trinajstić information content (AvgIpc) is 3.85. The van der Waals surface area contributed by atoms with Crippen LogP contribution in [0, 0.1) is 0 Å². The van der Waals surface area contributed by atoms with Crippen molar-refractivity contribution in [3.05, 3.63) is 108 Å². The summed E-state index contributed by atoms with van der Waals surface area (Å²) < 4.78 is 32.4. The lowest BCUT2D eigenvalue weighted by Crippen LogP contribution is -2.16. The van der Waals surface area contributed by atoms with Crippen molar-refractivity contribution >= 4 is 28.2 Å². The SMILES string of the molecule is CNc1ccc(Nc2ncc(-c3cc(-c4cn(C)c5ccccc45)c(OCc4ccc(OC)cc4)c(C4OCCO4)c3)cn2)c(OC)c1CCN(C)C. The molecule has 7 rings (SSSR count). The standard InChI is InChI=1S/C42H46N6O5/c1-43-36-15-16-37(40(50-6)32(36)17-18-47(2)3)46-42-44-23-29(24-45-42)28-21-33(35-25-48(4)38-10-8-7-9-31(35)38)39(34(22-28)41-51-19-20-52-41)53-26-27-11-13-30(49-5)14-12-27/h7-16,21-25,41,43H,17-20,26H2,1-6H3,(H,44,45,46). The van der Waals surface area contributed by atoms with Crippen molar-refractivity contribution in [3.8, 4) is 39.5 Å². The second-order valence-corrected chi connectivity index (χ2v) is 13.2. The minimum atomic E-state index is -0.592. The first-order valence-electron chi connectivity index (χ1n) is 17.7. The van der Waals surface area contributed by atoms with Crippen molar-refractivity contribution in [1.82, 2.24) is 19.4 Å². The molecule has 0 unspecified atom stereocenters. The van der Waals surface area contributed by atoms with Crippen LogP contribution in [0.25, 0.3) is 33.2 Å². The molecule has 11 nitrogen and oxygen atoms in total. The van der Waals surface area contributed by atoms with Gasteiger partial charge in [-0.05, 0) is 74.1 Å². The minimum absolute atomic E-state index is 0.347. The highest BCUT2D eigenvalue weighted by molar-refractivity contribution is 5.98. The summed E-state index contributed by atoms with van der Waals surface area (Å²) in [7, 11) is 11.5. The Balaban J connectivity index is 1.28. The third kappa shape index (κ3) is 7.64. The molecule has 0 aliphatic carbocycles. The molecule has 274 valence electrons. The zero-order chi connectivity index (χ0) is 36.9. The largest absolute Gasteiger partial charge is 0.497 e. The minimum Gasteiger partial charge on any atom is -0.497 e. The molecule has 2 N–H and O–H groups in total. The Hall–Kier alpha value is -5.62. The van der Waals surface area contributed by atoms with Gasteiger partial charge in [0.05, 0.1) is 38.7 Å². The van der Waals surface area contributed by atoms with Crippen molar-refractivity contribution in [1.29, 1.82) is 0 Å². The highest BCUT2D eigenvalue weighted by Crippen LogP contribution is 2.45. The van der Waals surface area contributed by atoms with E-state index >= 15 is 0 Å².